The number of carbonyl (C=O) groups is 2. The first kappa shape index (κ1) is 26.5. The first-order valence-electron chi connectivity index (χ1n) is 13.0. The average Bonchev–Trinajstić information content (AvgIpc) is 3.58. The van der Waals surface area contributed by atoms with Crippen molar-refractivity contribution in [1.82, 2.24) is 4.90 Å². The maximum absolute atomic E-state index is 14.2. The first-order chi connectivity index (χ1) is 19.9. The first-order valence-corrected chi connectivity index (χ1v) is 13.8. The lowest BCUT2D eigenvalue weighted by molar-refractivity contribution is -0.139. The number of ether oxygens (including phenoxy) is 2. The van der Waals surface area contributed by atoms with Gasteiger partial charge in [0.25, 0.3) is 5.78 Å². The Morgan fingerprint density at radius 3 is 2.49 bits per heavy atom. The molecule has 0 amide bonds. The molecule has 0 aliphatic carbocycles. The normalized spacial score (nSPS) is 16.4. The quantitative estimate of drug-likeness (QED) is 0.174. The zero-order valence-electron chi connectivity index (χ0n) is 22.5. The molecule has 0 bridgehead atoms. The van der Waals surface area contributed by atoms with E-state index < -0.39 is 17.8 Å². The molecule has 1 unspecified atom stereocenters. The van der Waals surface area contributed by atoms with Crippen LogP contribution in [0, 0.1) is 0 Å². The van der Waals surface area contributed by atoms with Gasteiger partial charge in [-0.1, -0.05) is 46.3 Å². The van der Waals surface area contributed by atoms with Gasteiger partial charge in [0.05, 0.1) is 36.7 Å². The number of Topliss-reactive ketones (excluding diaryl/α,β-unsaturated/α-hetero) is 1. The summed E-state index contributed by atoms with van der Waals surface area (Å²) in [6.07, 6.45) is 0. The fraction of sp³-hybridized carbons (Fsp3) is 0.161. The number of para-hydroxylation sites is 1. The highest BCUT2D eigenvalue weighted by atomic mass is 79.9. The number of benzene rings is 3. The molecular formula is C31H25BrN4O5. The molecule has 3 heterocycles. The van der Waals surface area contributed by atoms with Crippen LogP contribution in [0.4, 0.5) is 5.69 Å². The number of hydrogen-bond acceptors (Lipinski definition) is 9. The number of aliphatic imine (C=N–C) groups is 1. The molecule has 1 atom stereocenters. The van der Waals surface area contributed by atoms with Crippen LogP contribution >= 0.6 is 15.9 Å². The van der Waals surface area contributed by atoms with Gasteiger partial charge < -0.3 is 13.9 Å². The number of rotatable bonds is 7. The molecule has 9 nitrogen and oxygen atoms in total. The number of carbonyl (C=O) groups excluding carboxylic acids is 2. The van der Waals surface area contributed by atoms with E-state index in [9.17, 15) is 9.59 Å². The number of guanidine groups is 1. The Hall–Kier alpha value is -4.70. The fourth-order valence-corrected chi connectivity index (χ4v) is 5.34. The molecule has 2 aliphatic rings. The Morgan fingerprint density at radius 1 is 1.02 bits per heavy atom. The van der Waals surface area contributed by atoms with Crippen molar-refractivity contribution in [3.8, 4) is 5.75 Å². The lowest BCUT2D eigenvalue weighted by Gasteiger charge is -2.35. The predicted molar refractivity (Wildman–Crippen MR) is 159 cm³/mol. The summed E-state index contributed by atoms with van der Waals surface area (Å²) >= 11 is 3.47. The molecule has 3 aromatic carbocycles. The second-order valence-corrected chi connectivity index (χ2v) is 10.3. The van der Waals surface area contributed by atoms with Gasteiger partial charge in [0.15, 0.2) is 5.76 Å². The van der Waals surface area contributed by atoms with Crippen molar-refractivity contribution in [1.29, 1.82) is 0 Å². The SMILES string of the molecule is CCOC(=O)C1=C(C)N=C2N(c3ccccc3)N=C(C(=O)c3cc4cc(Br)ccc4o3)N2C1c1ccc(OC)cc1. The van der Waals surface area contributed by atoms with Gasteiger partial charge in [-0.15, -0.1) is 5.10 Å². The van der Waals surface area contributed by atoms with Gasteiger partial charge in [0.2, 0.25) is 11.8 Å². The number of fused-ring (bicyclic) bond motifs is 2. The van der Waals surface area contributed by atoms with Gasteiger partial charge in [0.1, 0.15) is 11.3 Å². The van der Waals surface area contributed by atoms with E-state index in [2.05, 4.69) is 15.9 Å². The third kappa shape index (κ3) is 4.70. The standard InChI is InChI=1S/C31H25BrN4O5/c1-4-40-30(38)26-18(2)33-31-35(27(26)19-10-13-23(39-3)14-11-19)29(34-36(31)22-8-6-5-7-9-22)28(37)25-17-20-16-21(32)12-15-24(20)41-25/h5-17,27H,4H2,1-3H3. The molecule has 4 aromatic rings. The summed E-state index contributed by atoms with van der Waals surface area (Å²) < 4.78 is 17.7. The van der Waals surface area contributed by atoms with Crippen LogP contribution in [0.1, 0.15) is 36.0 Å². The van der Waals surface area contributed by atoms with E-state index in [1.165, 1.54) is 0 Å². The van der Waals surface area contributed by atoms with Crippen molar-refractivity contribution >= 4 is 56.1 Å². The summed E-state index contributed by atoms with van der Waals surface area (Å²) in [7, 11) is 1.59. The topological polar surface area (TPSA) is 96.9 Å². The molecule has 6 rings (SSSR count). The number of allylic oxidation sites excluding steroid dienone is 1. The lowest BCUT2D eigenvalue weighted by atomic mass is 9.93. The number of esters is 1. The fourth-order valence-electron chi connectivity index (χ4n) is 4.96. The van der Waals surface area contributed by atoms with E-state index in [1.54, 1.807) is 55.1 Å². The number of furan rings is 1. The molecule has 10 heteroatoms. The van der Waals surface area contributed by atoms with Crippen LogP contribution in [0.2, 0.25) is 0 Å². The number of anilines is 1. The maximum atomic E-state index is 14.2. The molecule has 0 fully saturated rings. The molecule has 0 saturated heterocycles. The van der Waals surface area contributed by atoms with E-state index in [-0.39, 0.29) is 18.2 Å². The molecule has 0 N–H and O–H groups in total. The van der Waals surface area contributed by atoms with Crippen molar-refractivity contribution in [2.75, 3.05) is 18.7 Å². The molecule has 206 valence electrons. The van der Waals surface area contributed by atoms with Gasteiger partial charge in [-0.05, 0) is 67.9 Å². The largest absolute Gasteiger partial charge is 0.497 e. The Labute approximate surface area is 244 Å². The predicted octanol–water partition coefficient (Wildman–Crippen LogP) is 6.47. The number of ketones is 1. The van der Waals surface area contributed by atoms with Crippen LogP contribution < -0.4 is 9.75 Å². The minimum absolute atomic E-state index is 0.0563. The molecule has 2 aliphatic heterocycles. The molecule has 0 saturated carbocycles. The van der Waals surface area contributed by atoms with Crippen molar-refractivity contribution in [3.05, 3.63) is 106 Å². The minimum atomic E-state index is -0.762. The van der Waals surface area contributed by atoms with Gasteiger partial charge in [-0.2, -0.15) is 5.01 Å². The zero-order chi connectivity index (χ0) is 28.7. The summed E-state index contributed by atoms with van der Waals surface area (Å²) in [6, 6.07) is 23.2. The van der Waals surface area contributed by atoms with Gasteiger partial charge in [-0.3, -0.25) is 9.69 Å². The van der Waals surface area contributed by atoms with Crippen LogP contribution in [0.15, 0.2) is 109 Å². The highest BCUT2D eigenvalue weighted by Crippen LogP contribution is 2.41. The summed E-state index contributed by atoms with van der Waals surface area (Å²) in [5.41, 5.74) is 2.77. The Bertz CT molecular complexity index is 1760. The number of methoxy groups -OCH3 is 1. The van der Waals surface area contributed by atoms with E-state index in [0.717, 1.165) is 15.4 Å². The van der Waals surface area contributed by atoms with Crippen molar-refractivity contribution in [2.45, 2.75) is 19.9 Å². The summed E-state index contributed by atoms with van der Waals surface area (Å²) in [6.45, 7) is 3.69. The molecule has 1 aromatic heterocycles. The number of hydrogen-bond donors (Lipinski definition) is 0. The summed E-state index contributed by atoms with van der Waals surface area (Å²) in [5.74, 6) is 0.230. The summed E-state index contributed by atoms with van der Waals surface area (Å²) in [5, 5.41) is 7.15. The second-order valence-electron chi connectivity index (χ2n) is 9.37. The van der Waals surface area contributed by atoms with E-state index in [1.807, 2.05) is 54.6 Å². The Kier molecular flexibility index (Phi) is 6.92. The van der Waals surface area contributed by atoms with E-state index >= 15 is 0 Å². The molecule has 0 radical (unpaired) electrons. The number of amidine groups is 1. The van der Waals surface area contributed by atoms with Crippen LogP contribution in [0.3, 0.4) is 0 Å². The van der Waals surface area contributed by atoms with Crippen molar-refractivity contribution < 1.29 is 23.5 Å². The minimum Gasteiger partial charge on any atom is -0.497 e. The van der Waals surface area contributed by atoms with Gasteiger partial charge >= 0.3 is 5.97 Å². The smallest absolute Gasteiger partial charge is 0.338 e. The highest BCUT2D eigenvalue weighted by Gasteiger charge is 2.47. The summed E-state index contributed by atoms with van der Waals surface area (Å²) in [4.78, 5) is 34.0. The average molecular weight is 613 g/mol. The molecule has 41 heavy (non-hydrogen) atoms. The van der Waals surface area contributed by atoms with Gasteiger partial charge in [-0.25, -0.2) is 9.79 Å². The van der Waals surface area contributed by atoms with Crippen molar-refractivity contribution in [2.24, 2.45) is 10.1 Å². The van der Waals surface area contributed by atoms with Crippen molar-refractivity contribution in [3.63, 3.8) is 0 Å². The Balaban J connectivity index is 1.54. The highest BCUT2D eigenvalue weighted by molar-refractivity contribution is 9.10. The van der Waals surface area contributed by atoms with Crippen LogP contribution in [0.5, 0.6) is 5.75 Å². The molecule has 0 spiro atoms. The number of halogens is 1. The third-order valence-electron chi connectivity index (χ3n) is 6.85. The molecular weight excluding hydrogens is 588 g/mol. The lowest BCUT2D eigenvalue weighted by Crippen LogP contribution is -2.46. The monoisotopic (exact) mass is 612 g/mol. The van der Waals surface area contributed by atoms with E-state index in [4.69, 9.17) is 24.0 Å². The van der Waals surface area contributed by atoms with Crippen LogP contribution in [-0.2, 0) is 9.53 Å². The third-order valence-corrected chi connectivity index (χ3v) is 7.34. The zero-order valence-corrected chi connectivity index (χ0v) is 24.1. The number of hydrazone groups is 1. The Morgan fingerprint density at radius 2 is 1.78 bits per heavy atom. The van der Waals surface area contributed by atoms with Crippen LogP contribution in [0.25, 0.3) is 11.0 Å². The van der Waals surface area contributed by atoms with Crippen LogP contribution in [-0.4, -0.2) is 42.2 Å². The maximum Gasteiger partial charge on any atom is 0.338 e. The van der Waals surface area contributed by atoms with Gasteiger partial charge in [0, 0.05) is 9.86 Å². The van der Waals surface area contributed by atoms with E-state index in [0.29, 0.717) is 34.2 Å². The number of nitrogens with zero attached hydrogens (tertiary/aromatic N) is 4. The second kappa shape index (κ2) is 10.7.